The van der Waals surface area contributed by atoms with Gasteiger partial charge in [0.25, 0.3) is 0 Å². The van der Waals surface area contributed by atoms with E-state index in [1.165, 1.54) is 0 Å². The van der Waals surface area contributed by atoms with E-state index < -0.39 is 0 Å². The Morgan fingerprint density at radius 1 is 1.25 bits per heavy atom. The Kier molecular flexibility index (Phi) is 3.41. The maximum absolute atomic E-state index is 11.9. The van der Waals surface area contributed by atoms with Gasteiger partial charge in [0.1, 0.15) is 0 Å². The van der Waals surface area contributed by atoms with Gasteiger partial charge in [-0.05, 0) is 24.3 Å². The van der Waals surface area contributed by atoms with Crippen LogP contribution in [0.2, 0.25) is 0 Å². The molecule has 0 saturated heterocycles. The molecule has 2 rings (SSSR count). The molecule has 0 aliphatic carbocycles. The predicted molar refractivity (Wildman–Crippen MR) is 64.2 cm³/mol. The number of halogens is 1. The minimum absolute atomic E-state index is 0.0433. The summed E-state index contributed by atoms with van der Waals surface area (Å²) in [6.07, 6.45) is 1.87. The molecule has 1 heterocycles. The molecular formula is C12H9BrN2O. The first-order chi connectivity index (χ1) is 7.75. The van der Waals surface area contributed by atoms with Gasteiger partial charge in [0.2, 0.25) is 0 Å². The standard InChI is InChI=1S/C12H9BrN2O/c13-10-4-1-3-9(7-10)12(16)8-11-5-2-6-14-15-11/h1-7H,8H2. The van der Waals surface area contributed by atoms with Crippen LogP contribution < -0.4 is 0 Å². The van der Waals surface area contributed by atoms with Gasteiger partial charge in [0.05, 0.1) is 12.1 Å². The summed E-state index contributed by atoms with van der Waals surface area (Å²) in [4.78, 5) is 11.9. The van der Waals surface area contributed by atoms with Crippen molar-refractivity contribution in [1.82, 2.24) is 10.2 Å². The molecule has 0 bridgehead atoms. The number of rotatable bonds is 3. The lowest BCUT2D eigenvalue weighted by atomic mass is 10.1. The fourth-order valence-electron chi connectivity index (χ4n) is 1.36. The van der Waals surface area contributed by atoms with Crippen LogP contribution >= 0.6 is 15.9 Å². The molecular weight excluding hydrogens is 268 g/mol. The molecule has 0 aliphatic rings. The zero-order valence-electron chi connectivity index (χ0n) is 8.43. The quantitative estimate of drug-likeness (QED) is 0.810. The lowest BCUT2D eigenvalue weighted by Gasteiger charge is -2.00. The Labute approximate surface area is 102 Å². The van der Waals surface area contributed by atoms with Crippen LogP contribution in [0, 0.1) is 0 Å². The van der Waals surface area contributed by atoms with Gasteiger partial charge in [-0.15, -0.1) is 0 Å². The second-order valence-electron chi connectivity index (χ2n) is 3.33. The fraction of sp³-hybridized carbons (Fsp3) is 0.0833. The highest BCUT2D eigenvalue weighted by Gasteiger charge is 2.07. The molecule has 0 atom stereocenters. The zero-order chi connectivity index (χ0) is 11.4. The smallest absolute Gasteiger partial charge is 0.168 e. The highest BCUT2D eigenvalue weighted by molar-refractivity contribution is 9.10. The van der Waals surface area contributed by atoms with Crippen LogP contribution in [0.5, 0.6) is 0 Å². The highest BCUT2D eigenvalue weighted by atomic mass is 79.9. The minimum atomic E-state index is 0.0433. The van der Waals surface area contributed by atoms with E-state index in [0.717, 1.165) is 4.47 Å². The second-order valence-corrected chi connectivity index (χ2v) is 4.24. The van der Waals surface area contributed by atoms with E-state index in [2.05, 4.69) is 26.1 Å². The molecule has 0 unspecified atom stereocenters. The Bertz CT molecular complexity index is 499. The van der Waals surface area contributed by atoms with Crippen LogP contribution in [-0.4, -0.2) is 16.0 Å². The summed E-state index contributed by atoms with van der Waals surface area (Å²) < 4.78 is 0.900. The van der Waals surface area contributed by atoms with E-state index >= 15 is 0 Å². The van der Waals surface area contributed by atoms with Crippen molar-refractivity contribution in [2.45, 2.75) is 6.42 Å². The molecule has 0 spiro atoms. The average Bonchev–Trinajstić information content (AvgIpc) is 2.30. The van der Waals surface area contributed by atoms with Gasteiger partial charge in [-0.3, -0.25) is 4.79 Å². The highest BCUT2D eigenvalue weighted by Crippen LogP contribution is 2.13. The Morgan fingerprint density at radius 3 is 2.81 bits per heavy atom. The van der Waals surface area contributed by atoms with Crippen molar-refractivity contribution >= 4 is 21.7 Å². The second kappa shape index (κ2) is 4.99. The molecule has 2 aromatic rings. The lowest BCUT2D eigenvalue weighted by Crippen LogP contribution is -2.05. The third-order valence-corrected chi connectivity index (χ3v) is 2.61. The van der Waals surface area contributed by atoms with Crippen LogP contribution in [0.1, 0.15) is 16.1 Å². The molecule has 80 valence electrons. The van der Waals surface area contributed by atoms with Gasteiger partial charge < -0.3 is 0 Å². The zero-order valence-corrected chi connectivity index (χ0v) is 10.0. The van der Waals surface area contributed by atoms with Crippen LogP contribution in [0.15, 0.2) is 47.1 Å². The summed E-state index contributed by atoms with van der Waals surface area (Å²) in [5, 5.41) is 7.62. The van der Waals surface area contributed by atoms with E-state index in [1.54, 1.807) is 30.5 Å². The number of nitrogens with zero attached hydrogens (tertiary/aromatic N) is 2. The van der Waals surface area contributed by atoms with Gasteiger partial charge in [-0.25, -0.2) is 0 Å². The molecule has 0 N–H and O–H groups in total. The summed E-state index contributed by atoms with van der Waals surface area (Å²) in [5.41, 5.74) is 1.37. The van der Waals surface area contributed by atoms with E-state index in [4.69, 9.17) is 0 Å². The summed E-state index contributed by atoms with van der Waals surface area (Å²) in [7, 11) is 0. The van der Waals surface area contributed by atoms with Gasteiger partial charge >= 0.3 is 0 Å². The average molecular weight is 277 g/mol. The number of hydrogen-bond donors (Lipinski definition) is 0. The molecule has 1 aromatic carbocycles. The van der Waals surface area contributed by atoms with Gasteiger partial charge in [-0.2, -0.15) is 10.2 Å². The lowest BCUT2D eigenvalue weighted by molar-refractivity contribution is 0.0991. The van der Waals surface area contributed by atoms with E-state index in [0.29, 0.717) is 11.3 Å². The van der Waals surface area contributed by atoms with Crippen molar-refractivity contribution in [2.24, 2.45) is 0 Å². The fourth-order valence-corrected chi connectivity index (χ4v) is 1.76. The first kappa shape index (κ1) is 11.0. The van der Waals surface area contributed by atoms with Gasteiger partial charge in [0, 0.05) is 16.2 Å². The number of hydrogen-bond acceptors (Lipinski definition) is 3. The van der Waals surface area contributed by atoms with Crippen molar-refractivity contribution in [1.29, 1.82) is 0 Å². The van der Waals surface area contributed by atoms with Gasteiger partial charge in [-0.1, -0.05) is 28.1 Å². The van der Waals surface area contributed by atoms with Crippen molar-refractivity contribution < 1.29 is 4.79 Å². The first-order valence-corrected chi connectivity index (χ1v) is 5.60. The third-order valence-electron chi connectivity index (χ3n) is 2.12. The van der Waals surface area contributed by atoms with Gasteiger partial charge in [0.15, 0.2) is 5.78 Å². The molecule has 3 nitrogen and oxygen atoms in total. The van der Waals surface area contributed by atoms with Crippen molar-refractivity contribution in [3.63, 3.8) is 0 Å². The monoisotopic (exact) mass is 276 g/mol. The van der Waals surface area contributed by atoms with Crippen molar-refractivity contribution in [3.8, 4) is 0 Å². The number of carbonyl (C=O) groups is 1. The largest absolute Gasteiger partial charge is 0.294 e. The molecule has 0 fully saturated rings. The molecule has 16 heavy (non-hydrogen) atoms. The van der Waals surface area contributed by atoms with Crippen LogP contribution in [0.25, 0.3) is 0 Å². The molecule has 0 radical (unpaired) electrons. The molecule has 0 aliphatic heterocycles. The predicted octanol–water partition coefficient (Wildman–Crippen LogP) is 2.66. The molecule has 1 aromatic heterocycles. The third kappa shape index (κ3) is 2.73. The van der Waals surface area contributed by atoms with E-state index in [-0.39, 0.29) is 12.2 Å². The first-order valence-electron chi connectivity index (χ1n) is 4.81. The number of benzene rings is 1. The van der Waals surface area contributed by atoms with Crippen LogP contribution in [0.4, 0.5) is 0 Å². The minimum Gasteiger partial charge on any atom is -0.294 e. The Balaban J connectivity index is 2.15. The Morgan fingerprint density at radius 2 is 2.12 bits per heavy atom. The normalized spacial score (nSPS) is 10.1. The summed E-state index contributed by atoms with van der Waals surface area (Å²) in [6.45, 7) is 0. The maximum atomic E-state index is 11.9. The van der Waals surface area contributed by atoms with Crippen molar-refractivity contribution in [2.75, 3.05) is 0 Å². The number of aromatic nitrogens is 2. The van der Waals surface area contributed by atoms with E-state index in [9.17, 15) is 4.79 Å². The molecule has 4 heteroatoms. The topological polar surface area (TPSA) is 42.9 Å². The molecule has 0 saturated carbocycles. The number of carbonyl (C=O) groups excluding carboxylic acids is 1. The number of ketones is 1. The van der Waals surface area contributed by atoms with Crippen LogP contribution in [0.3, 0.4) is 0 Å². The molecule has 0 amide bonds. The van der Waals surface area contributed by atoms with Crippen LogP contribution in [-0.2, 0) is 6.42 Å². The Hall–Kier alpha value is -1.55. The van der Waals surface area contributed by atoms with Crippen molar-refractivity contribution in [3.05, 3.63) is 58.3 Å². The SMILES string of the molecule is O=C(Cc1cccnn1)c1cccc(Br)c1. The summed E-state index contributed by atoms with van der Waals surface area (Å²) >= 11 is 3.34. The maximum Gasteiger partial charge on any atom is 0.168 e. The summed E-state index contributed by atoms with van der Waals surface area (Å²) in [5.74, 6) is 0.0433. The van der Waals surface area contributed by atoms with E-state index in [1.807, 2.05) is 12.1 Å². The number of Topliss-reactive ketones (excluding diaryl/α,β-unsaturated/α-hetero) is 1. The summed E-state index contributed by atoms with van der Waals surface area (Å²) in [6, 6.07) is 10.9.